The third kappa shape index (κ3) is 5.00. The van der Waals surface area contributed by atoms with Gasteiger partial charge in [0.2, 0.25) is 0 Å². The molecule has 0 aliphatic rings. The van der Waals surface area contributed by atoms with E-state index in [1.807, 2.05) is 19.1 Å². The molecule has 1 aromatic heterocycles. The molecule has 0 aliphatic carbocycles. The number of nitrogens with one attached hydrogen (secondary N) is 1. The molecule has 0 spiro atoms. The molecule has 0 fully saturated rings. The number of aryl methyl sites for hydroxylation is 1. The number of rotatable bonds is 6. The summed E-state index contributed by atoms with van der Waals surface area (Å²) < 4.78 is 7.10. The fourth-order valence-electron chi connectivity index (χ4n) is 3.01. The highest BCUT2D eigenvalue weighted by atomic mass is 35.5. The molecule has 4 aromatic rings. The Bertz CT molecular complexity index is 1380. The number of anilines is 2. The van der Waals surface area contributed by atoms with Crippen molar-refractivity contribution in [3.8, 4) is 17.2 Å². The maximum atomic E-state index is 13.4. The average molecular weight is 482 g/mol. The third-order valence-corrected chi connectivity index (χ3v) is 5.48. The van der Waals surface area contributed by atoms with E-state index in [0.29, 0.717) is 22.1 Å². The first kappa shape index (κ1) is 22.4. The molecule has 166 valence electrons. The van der Waals surface area contributed by atoms with Crippen LogP contribution in [0.1, 0.15) is 15.9 Å². The van der Waals surface area contributed by atoms with E-state index in [1.54, 1.807) is 36.4 Å². The Morgan fingerprint density at radius 1 is 1.00 bits per heavy atom. The second-order valence-corrected chi connectivity index (χ2v) is 7.94. The summed E-state index contributed by atoms with van der Waals surface area (Å²) in [6.45, 7) is 1.96. The lowest BCUT2D eigenvalue weighted by Gasteiger charge is -2.15. The van der Waals surface area contributed by atoms with Crippen LogP contribution in [0, 0.1) is 6.92 Å². The predicted octanol–water partition coefficient (Wildman–Crippen LogP) is 6.08. The molecule has 0 saturated heterocycles. The Hall–Kier alpha value is -3.81. The van der Waals surface area contributed by atoms with Gasteiger partial charge in [-0.2, -0.15) is 9.78 Å². The van der Waals surface area contributed by atoms with Gasteiger partial charge in [-0.1, -0.05) is 40.9 Å². The lowest BCUT2D eigenvalue weighted by molar-refractivity contribution is 0.0697. The first-order valence-electron chi connectivity index (χ1n) is 9.74. The molecule has 0 amide bonds. The number of carbonyl (C=O) groups is 1. The molecular formula is C24H17Cl2N3O4. The summed E-state index contributed by atoms with van der Waals surface area (Å²) in [5.41, 5.74) is 1.71. The largest absolute Gasteiger partial charge is 0.478 e. The summed E-state index contributed by atoms with van der Waals surface area (Å²) in [6.07, 6.45) is 1.41. The van der Waals surface area contributed by atoms with Gasteiger partial charge in [0.15, 0.2) is 11.4 Å². The van der Waals surface area contributed by atoms with E-state index in [9.17, 15) is 9.59 Å². The van der Waals surface area contributed by atoms with Crippen LogP contribution < -0.4 is 15.6 Å². The number of halogens is 2. The standard InChI is InChI=1S/C24H17Cl2N3O4/c1-14-2-9-18(10-3-14)33-21-13-27-29(17-8-11-19(25)20(26)12-17)23(30)22(21)28-16-6-4-15(5-7-16)24(31)32/h2-13,28H,1H3,(H,31,32). The van der Waals surface area contributed by atoms with Crippen molar-refractivity contribution in [1.82, 2.24) is 9.78 Å². The zero-order chi connectivity index (χ0) is 23.5. The van der Waals surface area contributed by atoms with E-state index in [0.717, 1.165) is 10.2 Å². The van der Waals surface area contributed by atoms with Crippen LogP contribution in [0.3, 0.4) is 0 Å². The summed E-state index contributed by atoms with van der Waals surface area (Å²) in [5, 5.41) is 17.0. The van der Waals surface area contributed by atoms with Gasteiger partial charge in [0, 0.05) is 5.69 Å². The van der Waals surface area contributed by atoms with Crippen LogP contribution in [-0.4, -0.2) is 20.9 Å². The fraction of sp³-hybridized carbons (Fsp3) is 0.0417. The second kappa shape index (κ2) is 9.36. The topological polar surface area (TPSA) is 93.5 Å². The van der Waals surface area contributed by atoms with Gasteiger partial charge in [-0.15, -0.1) is 0 Å². The van der Waals surface area contributed by atoms with Crippen molar-refractivity contribution >= 4 is 40.5 Å². The second-order valence-electron chi connectivity index (χ2n) is 7.12. The first-order valence-corrected chi connectivity index (χ1v) is 10.5. The van der Waals surface area contributed by atoms with Gasteiger partial charge >= 0.3 is 5.97 Å². The minimum Gasteiger partial charge on any atom is -0.478 e. The summed E-state index contributed by atoms with van der Waals surface area (Å²) in [7, 11) is 0. The Balaban J connectivity index is 1.79. The van der Waals surface area contributed by atoms with Crippen LogP contribution >= 0.6 is 23.2 Å². The summed E-state index contributed by atoms with van der Waals surface area (Å²) >= 11 is 12.1. The summed E-state index contributed by atoms with van der Waals surface area (Å²) in [5.74, 6) is -0.323. The van der Waals surface area contributed by atoms with Gasteiger partial charge in [0.1, 0.15) is 5.75 Å². The average Bonchev–Trinajstić information content (AvgIpc) is 2.80. The van der Waals surface area contributed by atoms with Crippen molar-refractivity contribution in [3.05, 3.63) is 104 Å². The van der Waals surface area contributed by atoms with Gasteiger partial charge in [-0.05, 0) is 61.5 Å². The van der Waals surface area contributed by atoms with Crippen LogP contribution in [0.2, 0.25) is 10.0 Å². The minimum absolute atomic E-state index is 0.111. The van der Waals surface area contributed by atoms with E-state index < -0.39 is 11.5 Å². The third-order valence-electron chi connectivity index (χ3n) is 4.74. The van der Waals surface area contributed by atoms with E-state index >= 15 is 0 Å². The van der Waals surface area contributed by atoms with E-state index in [-0.39, 0.29) is 22.0 Å². The minimum atomic E-state index is -1.05. The number of hydrogen-bond donors (Lipinski definition) is 2. The predicted molar refractivity (Wildman–Crippen MR) is 128 cm³/mol. The quantitative estimate of drug-likeness (QED) is 0.346. The highest BCUT2D eigenvalue weighted by molar-refractivity contribution is 6.42. The lowest BCUT2D eigenvalue weighted by Crippen LogP contribution is -2.24. The van der Waals surface area contributed by atoms with Gasteiger partial charge in [0.05, 0.1) is 27.5 Å². The molecule has 0 radical (unpaired) electrons. The number of ether oxygens (including phenoxy) is 1. The maximum absolute atomic E-state index is 13.4. The van der Waals surface area contributed by atoms with E-state index in [1.165, 1.54) is 24.4 Å². The molecule has 1 heterocycles. The Morgan fingerprint density at radius 3 is 2.33 bits per heavy atom. The molecule has 9 heteroatoms. The van der Waals surface area contributed by atoms with Gasteiger partial charge in [0.25, 0.3) is 5.56 Å². The van der Waals surface area contributed by atoms with Crippen LogP contribution in [0.25, 0.3) is 5.69 Å². The van der Waals surface area contributed by atoms with Crippen LogP contribution in [0.5, 0.6) is 11.5 Å². The van der Waals surface area contributed by atoms with Crippen molar-refractivity contribution in [2.75, 3.05) is 5.32 Å². The first-order chi connectivity index (χ1) is 15.8. The number of nitrogens with zero attached hydrogens (tertiary/aromatic N) is 2. The van der Waals surface area contributed by atoms with E-state index in [4.69, 9.17) is 33.0 Å². The van der Waals surface area contributed by atoms with Gasteiger partial charge in [-0.25, -0.2) is 4.79 Å². The van der Waals surface area contributed by atoms with Crippen LogP contribution in [0.15, 0.2) is 77.7 Å². The number of aromatic nitrogens is 2. The highest BCUT2D eigenvalue weighted by Crippen LogP contribution is 2.30. The number of benzene rings is 3. The fourth-order valence-corrected chi connectivity index (χ4v) is 3.30. The van der Waals surface area contributed by atoms with Crippen molar-refractivity contribution < 1.29 is 14.6 Å². The number of hydrogen-bond acceptors (Lipinski definition) is 5. The monoisotopic (exact) mass is 481 g/mol. The molecule has 0 aliphatic heterocycles. The molecule has 4 rings (SSSR count). The molecule has 33 heavy (non-hydrogen) atoms. The highest BCUT2D eigenvalue weighted by Gasteiger charge is 2.16. The maximum Gasteiger partial charge on any atom is 0.335 e. The number of carboxylic acid groups (broad SMARTS) is 1. The van der Waals surface area contributed by atoms with Gasteiger partial charge < -0.3 is 15.2 Å². The van der Waals surface area contributed by atoms with Gasteiger partial charge in [-0.3, -0.25) is 4.79 Å². The summed E-state index contributed by atoms with van der Waals surface area (Å²) in [6, 6.07) is 18.0. The normalized spacial score (nSPS) is 10.6. The van der Waals surface area contributed by atoms with Crippen LogP contribution in [-0.2, 0) is 0 Å². The number of carboxylic acids is 1. The Kier molecular flexibility index (Phi) is 6.35. The molecular weight excluding hydrogens is 465 g/mol. The molecule has 0 bridgehead atoms. The molecule has 0 atom stereocenters. The zero-order valence-corrected chi connectivity index (χ0v) is 18.8. The van der Waals surface area contributed by atoms with Crippen molar-refractivity contribution in [1.29, 1.82) is 0 Å². The van der Waals surface area contributed by atoms with Crippen molar-refractivity contribution in [3.63, 3.8) is 0 Å². The molecule has 3 aromatic carbocycles. The lowest BCUT2D eigenvalue weighted by atomic mass is 10.2. The molecule has 0 saturated carbocycles. The molecule has 7 nitrogen and oxygen atoms in total. The zero-order valence-electron chi connectivity index (χ0n) is 17.3. The Labute approximate surface area is 198 Å². The molecule has 0 unspecified atom stereocenters. The van der Waals surface area contributed by atoms with Crippen molar-refractivity contribution in [2.45, 2.75) is 6.92 Å². The Morgan fingerprint density at radius 2 is 1.70 bits per heavy atom. The smallest absolute Gasteiger partial charge is 0.335 e. The SMILES string of the molecule is Cc1ccc(Oc2cnn(-c3ccc(Cl)c(Cl)c3)c(=O)c2Nc2ccc(C(=O)O)cc2)cc1. The number of aromatic carboxylic acids is 1. The van der Waals surface area contributed by atoms with Crippen molar-refractivity contribution in [2.24, 2.45) is 0 Å². The van der Waals surface area contributed by atoms with Crippen LogP contribution in [0.4, 0.5) is 11.4 Å². The molecule has 2 N–H and O–H groups in total. The van der Waals surface area contributed by atoms with E-state index in [2.05, 4.69) is 10.4 Å². The summed E-state index contributed by atoms with van der Waals surface area (Å²) in [4.78, 5) is 24.5.